The molecule has 0 aliphatic heterocycles. The van der Waals surface area contributed by atoms with Crippen LogP contribution in [0.3, 0.4) is 0 Å². The third-order valence-electron chi connectivity index (χ3n) is 1.54. The lowest BCUT2D eigenvalue weighted by Crippen LogP contribution is -1.92. The molecule has 0 bridgehead atoms. The van der Waals surface area contributed by atoms with E-state index in [0.29, 0.717) is 11.8 Å². The Morgan fingerprint density at radius 2 is 2.15 bits per heavy atom. The fourth-order valence-corrected chi connectivity index (χ4v) is 0.961. The Morgan fingerprint density at radius 1 is 1.38 bits per heavy atom. The first kappa shape index (κ1) is 9.28. The summed E-state index contributed by atoms with van der Waals surface area (Å²) in [6.45, 7) is 0. The molecule has 0 atom stereocenters. The van der Waals surface area contributed by atoms with Crippen LogP contribution in [0.5, 0.6) is 5.75 Å². The standard InChI is InChI=1S/C9H9NO3/c11-6-2-4-7-3-1-5-8(12)9(7)10-13/h1-6,10,12-13H/b4-2-. The molecule has 0 unspecified atom stereocenters. The highest BCUT2D eigenvalue weighted by atomic mass is 16.5. The molecule has 0 spiro atoms. The van der Waals surface area contributed by atoms with Crippen LogP contribution < -0.4 is 5.48 Å². The topological polar surface area (TPSA) is 69.6 Å². The highest BCUT2D eigenvalue weighted by Crippen LogP contribution is 2.27. The van der Waals surface area contributed by atoms with Crippen molar-refractivity contribution in [2.75, 3.05) is 5.48 Å². The molecule has 68 valence electrons. The van der Waals surface area contributed by atoms with E-state index in [9.17, 15) is 9.90 Å². The van der Waals surface area contributed by atoms with Gasteiger partial charge in [-0.3, -0.25) is 15.5 Å². The Morgan fingerprint density at radius 3 is 2.77 bits per heavy atom. The smallest absolute Gasteiger partial charge is 0.142 e. The Labute approximate surface area is 75.1 Å². The number of hydrogen-bond donors (Lipinski definition) is 3. The number of rotatable bonds is 3. The van der Waals surface area contributed by atoms with Gasteiger partial charge in [0.15, 0.2) is 0 Å². The molecule has 1 aromatic rings. The lowest BCUT2D eigenvalue weighted by molar-refractivity contribution is -0.104. The van der Waals surface area contributed by atoms with Crippen molar-refractivity contribution in [2.45, 2.75) is 0 Å². The quantitative estimate of drug-likeness (QED) is 0.284. The Hall–Kier alpha value is -1.81. The van der Waals surface area contributed by atoms with Gasteiger partial charge < -0.3 is 5.11 Å². The van der Waals surface area contributed by atoms with Crippen molar-refractivity contribution < 1.29 is 15.1 Å². The van der Waals surface area contributed by atoms with Gasteiger partial charge in [0, 0.05) is 5.56 Å². The molecule has 0 saturated carbocycles. The van der Waals surface area contributed by atoms with Crippen LogP contribution in [-0.2, 0) is 4.79 Å². The third-order valence-corrected chi connectivity index (χ3v) is 1.54. The van der Waals surface area contributed by atoms with E-state index in [0.717, 1.165) is 0 Å². The molecule has 0 aromatic heterocycles. The first-order valence-corrected chi connectivity index (χ1v) is 3.63. The van der Waals surface area contributed by atoms with E-state index in [1.165, 1.54) is 18.2 Å². The second kappa shape index (κ2) is 4.27. The van der Waals surface area contributed by atoms with E-state index in [2.05, 4.69) is 0 Å². The van der Waals surface area contributed by atoms with E-state index >= 15 is 0 Å². The highest BCUT2D eigenvalue weighted by Gasteiger charge is 2.02. The summed E-state index contributed by atoms with van der Waals surface area (Å²) in [5, 5.41) is 17.9. The minimum atomic E-state index is -0.0736. The second-order valence-electron chi connectivity index (χ2n) is 2.35. The van der Waals surface area contributed by atoms with E-state index in [1.807, 2.05) is 5.48 Å². The summed E-state index contributed by atoms with van der Waals surface area (Å²) in [6, 6.07) is 4.69. The van der Waals surface area contributed by atoms with Crippen LogP contribution >= 0.6 is 0 Å². The average Bonchev–Trinajstić information content (AvgIpc) is 2.15. The van der Waals surface area contributed by atoms with E-state index in [1.54, 1.807) is 12.1 Å². The molecule has 4 heteroatoms. The number of carbonyl (C=O) groups is 1. The monoisotopic (exact) mass is 179 g/mol. The minimum Gasteiger partial charge on any atom is -0.506 e. The third kappa shape index (κ3) is 2.07. The molecular formula is C9H9NO3. The SMILES string of the molecule is O=C/C=C\c1cccc(O)c1NO. The highest BCUT2D eigenvalue weighted by molar-refractivity contribution is 5.79. The minimum absolute atomic E-state index is 0.0736. The summed E-state index contributed by atoms with van der Waals surface area (Å²) in [7, 11) is 0. The number of nitrogens with one attached hydrogen (secondary N) is 1. The van der Waals surface area contributed by atoms with Gasteiger partial charge in [-0.05, 0) is 18.2 Å². The summed E-state index contributed by atoms with van der Waals surface area (Å²) in [6.07, 6.45) is 3.37. The second-order valence-corrected chi connectivity index (χ2v) is 2.35. The molecule has 0 aliphatic carbocycles. The summed E-state index contributed by atoms with van der Waals surface area (Å²) in [4.78, 5) is 10.0. The van der Waals surface area contributed by atoms with Gasteiger partial charge in [-0.1, -0.05) is 12.1 Å². The molecule has 1 aromatic carbocycles. The maximum absolute atomic E-state index is 10.0. The van der Waals surface area contributed by atoms with Gasteiger partial charge in [0.2, 0.25) is 0 Å². The van der Waals surface area contributed by atoms with Crippen LogP contribution in [0.15, 0.2) is 24.3 Å². The number of allylic oxidation sites excluding steroid dienone is 1. The molecule has 3 N–H and O–H groups in total. The number of anilines is 1. The van der Waals surface area contributed by atoms with Gasteiger partial charge in [-0.2, -0.15) is 0 Å². The number of hydrogen-bond acceptors (Lipinski definition) is 4. The van der Waals surface area contributed by atoms with E-state index in [-0.39, 0.29) is 11.4 Å². The molecule has 0 aliphatic rings. The van der Waals surface area contributed by atoms with Gasteiger partial charge in [-0.25, -0.2) is 0 Å². The van der Waals surface area contributed by atoms with Crippen molar-refractivity contribution in [3.8, 4) is 5.75 Å². The summed E-state index contributed by atoms with van der Waals surface area (Å²) < 4.78 is 0. The van der Waals surface area contributed by atoms with Crippen LogP contribution in [0.25, 0.3) is 6.08 Å². The lowest BCUT2D eigenvalue weighted by atomic mass is 10.1. The molecule has 0 saturated heterocycles. The van der Waals surface area contributed by atoms with Crippen molar-refractivity contribution in [3.05, 3.63) is 29.8 Å². The number of phenols is 1. The number of aromatic hydroxyl groups is 1. The molecule has 4 nitrogen and oxygen atoms in total. The average molecular weight is 179 g/mol. The lowest BCUT2D eigenvalue weighted by Gasteiger charge is -2.05. The Balaban J connectivity index is 3.12. The molecule has 0 fully saturated rings. The number of phenolic OH excluding ortho intramolecular Hbond substituents is 1. The zero-order chi connectivity index (χ0) is 9.68. The summed E-state index contributed by atoms with van der Waals surface area (Å²) in [5.41, 5.74) is 2.57. The van der Waals surface area contributed by atoms with Crippen LogP contribution in [-0.4, -0.2) is 16.6 Å². The fourth-order valence-electron chi connectivity index (χ4n) is 0.961. The number of carbonyl (C=O) groups excluding carboxylic acids is 1. The zero-order valence-electron chi connectivity index (χ0n) is 6.77. The number of aldehydes is 1. The van der Waals surface area contributed by atoms with E-state index < -0.39 is 0 Å². The van der Waals surface area contributed by atoms with Crippen molar-refractivity contribution in [1.82, 2.24) is 0 Å². The Bertz CT molecular complexity index is 334. The first-order chi connectivity index (χ1) is 6.29. The molecule has 0 radical (unpaired) electrons. The van der Waals surface area contributed by atoms with E-state index in [4.69, 9.17) is 5.21 Å². The maximum atomic E-state index is 10.0. The first-order valence-electron chi connectivity index (χ1n) is 3.63. The van der Waals surface area contributed by atoms with Crippen molar-refractivity contribution in [2.24, 2.45) is 0 Å². The van der Waals surface area contributed by atoms with Gasteiger partial charge in [0.1, 0.15) is 17.7 Å². The van der Waals surface area contributed by atoms with Crippen LogP contribution in [0, 0.1) is 0 Å². The van der Waals surface area contributed by atoms with Crippen LogP contribution in [0.2, 0.25) is 0 Å². The Kier molecular flexibility index (Phi) is 3.05. The van der Waals surface area contributed by atoms with Crippen molar-refractivity contribution >= 4 is 18.0 Å². The van der Waals surface area contributed by atoms with Crippen LogP contribution in [0.1, 0.15) is 5.56 Å². The number of benzene rings is 1. The largest absolute Gasteiger partial charge is 0.506 e. The van der Waals surface area contributed by atoms with Gasteiger partial charge in [-0.15, -0.1) is 0 Å². The normalized spacial score (nSPS) is 10.2. The predicted octanol–water partition coefficient (Wildman–Crippen LogP) is 1.41. The zero-order valence-corrected chi connectivity index (χ0v) is 6.77. The summed E-state index contributed by atoms with van der Waals surface area (Å²) in [5.74, 6) is -0.0736. The summed E-state index contributed by atoms with van der Waals surface area (Å²) >= 11 is 0. The maximum Gasteiger partial charge on any atom is 0.142 e. The molecule has 0 heterocycles. The molecule has 0 amide bonds. The van der Waals surface area contributed by atoms with Gasteiger partial charge in [0.05, 0.1) is 0 Å². The molecule has 1 rings (SSSR count). The van der Waals surface area contributed by atoms with Crippen molar-refractivity contribution in [1.29, 1.82) is 0 Å². The molecule has 13 heavy (non-hydrogen) atoms. The molecular weight excluding hydrogens is 170 g/mol. The van der Waals surface area contributed by atoms with Gasteiger partial charge >= 0.3 is 0 Å². The predicted molar refractivity (Wildman–Crippen MR) is 48.6 cm³/mol. The van der Waals surface area contributed by atoms with Crippen molar-refractivity contribution in [3.63, 3.8) is 0 Å². The van der Waals surface area contributed by atoms with Gasteiger partial charge in [0.25, 0.3) is 0 Å². The fraction of sp³-hybridized carbons (Fsp3) is 0. The van der Waals surface area contributed by atoms with Crippen LogP contribution in [0.4, 0.5) is 5.69 Å². The number of para-hydroxylation sites is 1.